The molecule has 10 nitrogen and oxygen atoms in total. The van der Waals surface area contributed by atoms with Crippen molar-refractivity contribution in [3.63, 3.8) is 0 Å². The summed E-state index contributed by atoms with van der Waals surface area (Å²) in [5, 5.41) is 43.8. The molecule has 0 saturated carbocycles. The van der Waals surface area contributed by atoms with Gasteiger partial charge in [0.25, 0.3) is 5.92 Å². The Morgan fingerprint density at radius 3 is 2.38 bits per heavy atom. The Bertz CT molecular complexity index is 1410. The maximum absolute atomic E-state index is 14.1. The van der Waals surface area contributed by atoms with Crippen LogP contribution < -0.4 is 4.74 Å². The van der Waals surface area contributed by atoms with Gasteiger partial charge in [-0.15, -0.1) is 0 Å². The number of aliphatic hydroxyl groups excluding tert-OH is 1. The first-order chi connectivity index (χ1) is 18.2. The highest BCUT2D eigenvalue weighted by Crippen LogP contribution is 2.52. The number of ether oxygens (including phenoxy) is 3. The molecule has 2 aromatic rings. The quantitative estimate of drug-likeness (QED) is 0.357. The molecular weight excluding hydrogens is 522 g/mol. The summed E-state index contributed by atoms with van der Waals surface area (Å²) < 4.78 is 44.5. The topological polar surface area (TPSA) is 160 Å². The van der Waals surface area contributed by atoms with E-state index in [1.165, 1.54) is 25.3 Å². The molecule has 0 radical (unpaired) electrons. The summed E-state index contributed by atoms with van der Waals surface area (Å²) >= 11 is 0. The van der Waals surface area contributed by atoms with Crippen molar-refractivity contribution < 1.29 is 57.8 Å². The van der Waals surface area contributed by atoms with E-state index in [9.17, 15) is 43.6 Å². The lowest BCUT2D eigenvalue weighted by molar-refractivity contribution is -0.309. The number of halogens is 2. The second-order valence-corrected chi connectivity index (χ2v) is 10.1. The van der Waals surface area contributed by atoms with Crippen LogP contribution in [0.2, 0.25) is 0 Å². The summed E-state index contributed by atoms with van der Waals surface area (Å²) in [5.74, 6) is -7.31. The van der Waals surface area contributed by atoms with Gasteiger partial charge >= 0.3 is 0 Å². The van der Waals surface area contributed by atoms with E-state index < -0.39 is 95.4 Å². The highest BCUT2D eigenvalue weighted by atomic mass is 19.3. The zero-order valence-corrected chi connectivity index (χ0v) is 21.2. The number of carbonyl (C=O) groups is 3. The molecule has 5 atom stereocenters. The van der Waals surface area contributed by atoms with Crippen molar-refractivity contribution in [2.45, 2.75) is 69.2 Å². The average Bonchev–Trinajstić information content (AvgIpc) is 2.87. The third-order valence-electron chi connectivity index (χ3n) is 7.81. The third-order valence-corrected chi connectivity index (χ3v) is 7.81. The number of aliphatic hydroxyl groups is 2. The Kier molecular flexibility index (Phi) is 6.30. The molecule has 0 bridgehead atoms. The molecule has 1 fully saturated rings. The number of ketones is 3. The van der Waals surface area contributed by atoms with Crippen LogP contribution in [0.1, 0.15) is 75.8 Å². The molecular formula is C27H26F2O10. The SMILES string of the molecule is COc1cccc2c1C(=O)c1c(O)c3c(c(O)c1C2=O)C[C@@](O)(C(C)=O)CC3OC1CC(O)C(F)(F)C(C)O1. The average molecular weight is 548 g/mol. The van der Waals surface area contributed by atoms with Crippen molar-refractivity contribution in [1.29, 1.82) is 0 Å². The summed E-state index contributed by atoms with van der Waals surface area (Å²) in [4.78, 5) is 39.5. The number of benzene rings is 2. The highest BCUT2D eigenvalue weighted by molar-refractivity contribution is 6.31. The van der Waals surface area contributed by atoms with E-state index in [0.717, 1.165) is 13.8 Å². The number of phenols is 2. The maximum atomic E-state index is 14.1. The van der Waals surface area contributed by atoms with E-state index >= 15 is 0 Å². The highest BCUT2D eigenvalue weighted by Gasteiger charge is 2.53. The Morgan fingerprint density at radius 1 is 1.10 bits per heavy atom. The summed E-state index contributed by atoms with van der Waals surface area (Å²) in [7, 11) is 1.29. The second-order valence-electron chi connectivity index (χ2n) is 10.1. The van der Waals surface area contributed by atoms with Crippen LogP contribution in [0.3, 0.4) is 0 Å². The molecule has 2 aliphatic carbocycles. The fraction of sp³-hybridized carbons (Fsp3) is 0.444. The van der Waals surface area contributed by atoms with E-state index in [1.54, 1.807) is 0 Å². The number of phenolic OH excluding ortho intramolecular Hbond substituents is 2. The van der Waals surface area contributed by atoms with Gasteiger partial charge < -0.3 is 34.6 Å². The van der Waals surface area contributed by atoms with Gasteiger partial charge in [0, 0.05) is 36.0 Å². The number of hydrogen-bond donors (Lipinski definition) is 4. The molecule has 4 unspecified atom stereocenters. The zero-order valence-electron chi connectivity index (χ0n) is 21.2. The van der Waals surface area contributed by atoms with E-state index in [0.29, 0.717) is 0 Å². The van der Waals surface area contributed by atoms with Crippen molar-refractivity contribution >= 4 is 17.3 Å². The first-order valence-electron chi connectivity index (χ1n) is 12.2. The van der Waals surface area contributed by atoms with E-state index in [-0.39, 0.29) is 28.0 Å². The lowest BCUT2D eigenvalue weighted by atomic mass is 9.72. The molecule has 1 aliphatic heterocycles. The second kappa shape index (κ2) is 9.05. The van der Waals surface area contributed by atoms with Crippen LogP contribution >= 0.6 is 0 Å². The Morgan fingerprint density at radius 2 is 1.77 bits per heavy atom. The van der Waals surface area contributed by atoms with Gasteiger partial charge in [-0.2, -0.15) is 0 Å². The van der Waals surface area contributed by atoms with Gasteiger partial charge in [0.1, 0.15) is 35.1 Å². The summed E-state index contributed by atoms with van der Waals surface area (Å²) in [6.45, 7) is 2.13. The first-order valence-corrected chi connectivity index (χ1v) is 12.2. The molecule has 4 N–H and O–H groups in total. The number of fused-ring (bicyclic) bond motifs is 3. The summed E-state index contributed by atoms with van der Waals surface area (Å²) in [5.41, 5.74) is -3.81. The Labute approximate surface area is 220 Å². The van der Waals surface area contributed by atoms with Crippen LogP contribution in [0.5, 0.6) is 17.2 Å². The molecule has 5 rings (SSSR count). The largest absolute Gasteiger partial charge is 0.507 e. The van der Waals surface area contributed by atoms with Gasteiger partial charge in [0.15, 0.2) is 17.9 Å². The number of rotatable bonds is 4. The van der Waals surface area contributed by atoms with Crippen LogP contribution in [0.4, 0.5) is 8.78 Å². The molecule has 208 valence electrons. The lowest BCUT2D eigenvalue weighted by Gasteiger charge is -2.42. The molecule has 0 amide bonds. The number of hydrogen-bond acceptors (Lipinski definition) is 10. The molecule has 12 heteroatoms. The summed E-state index contributed by atoms with van der Waals surface area (Å²) in [6.07, 6.45) is -8.51. The van der Waals surface area contributed by atoms with Crippen LogP contribution in [0, 0.1) is 0 Å². The van der Waals surface area contributed by atoms with Gasteiger partial charge in [-0.1, -0.05) is 12.1 Å². The molecule has 1 heterocycles. The van der Waals surface area contributed by atoms with Gasteiger partial charge in [0.2, 0.25) is 5.78 Å². The number of aromatic hydroxyl groups is 2. The normalized spacial score (nSPS) is 29.3. The van der Waals surface area contributed by atoms with E-state index in [1.807, 2.05) is 0 Å². The standard InChI is InChI=1S/C27H26F2O10/c1-10(30)26(36)8-13-19(15(9-26)39-17-7-16(31)27(28,29)11(2)38-17)25(35)21-20(23(13)33)22(32)12-5-4-6-14(37-3)18(12)24(21)34/h4-6,11,15-17,31,33,35-36H,7-9H2,1-3H3/t11?,15?,16?,17?,26-/m0/s1. The van der Waals surface area contributed by atoms with Crippen LogP contribution in [0.25, 0.3) is 0 Å². The zero-order chi connectivity index (χ0) is 28.6. The fourth-order valence-corrected chi connectivity index (χ4v) is 5.56. The number of alkyl halides is 2. The minimum absolute atomic E-state index is 0.0615. The van der Waals surface area contributed by atoms with Gasteiger partial charge in [-0.25, -0.2) is 8.78 Å². The predicted octanol–water partition coefficient (Wildman–Crippen LogP) is 2.34. The van der Waals surface area contributed by atoms with Gasteiger partial charge in [0.05, 0.1) is 29.9 Å². The van der Waals surface area contributed by atoms with Crippen LogP contribution in [0.15, 0.2) is 18.2 Å². The monoisotopic (exact) mass is 548 g/mol. The molecule has 39 heavy (non-hydrogen) atoms. The Hall–Kier alpha value is -3.45. The fourth-order valence-electron chi connectivity index (χ4n) is 5.56. The molecule has 2 aromatic carbocycles. The maximum Gasteiger partial charge on any atom is 0.298 e. The van der Waals surface area contributed by atoms with Crippen LogP contribution in [-0.2, 0) is 20.7 Å². The van der Waals surface area contributed by atoms with Crippen LogP contribution in [-0.4, -0.2) is 74.9 Å². The molecule has 0 aromatic heterocycles. The van der Waals surface area contributed by atoms with Gasteiger partial charge in [-0.05, 0) is 19.9 Å². The van der Waals surface area contributed by atoms with Crippen molar-refractivity contribution in [3.05, 3.63) is 51.6 Å². The minimum Gasteiger partial charge on any atom is -0.507 e. The minimum atomic E-state index is -3.57. The molecule has 1 saturated heterocycles. The smallest absolute Gasteiger partial charge is 0.298 e. The molecule has 0 spiro atoms. The van der Waals surface area contributed by atoms with Gasteiger partial charge in [-0.3, -0.25) is 14.4 Å². The Balaban J connectivity index is 1.67. The predicted molar refractivity (Wildman–Crippen MR) is 127 cm³/mol. The summed E-state index contributed by atoms with van der Waals surface area (Å²) in [6, 6.07) is 4.29. The van der Waals surface area contributed by atoms with Crippen molar-refractivity contribution in [1.82, 2.24) is 0 Å². The van der Waals surface area contributed by atoms with E-state index in [4.69, 9.17) is 14.2 Å². The lowest BCUT2D eigenvalue weighted by Crippen LogP contribution is -2.53. The number of carbonyl (C=O) groups excluding carboxylic acids is 3. The van der Waals surface area contributed by atoms with Crippen molar-refractivity contribution in [3.8, 4) is 17.2 Å². The first kappa shape index (κ1) is 27.1. The van der Waals surface area contributed by atoms with Crippen molar-refractivity contribution in [2.24, 2.45) is 0 Å². The number of Topliss-reactive ketones (excluding diaryl/α,β-unsaturated/α-hetero) is 1. The third kappa shape index (κ3) is 3.93. The number of methoxy groups -OCH3 is 1. The van der Waals surface area contributed by atoms with E-state index in [2.05, 4.69) is 0 Å². The molecule has 3 aliphatic rings. The van der Waals surface area contributed by atoms with Crippen molar-refractivity contribution in [2.75, 3.05) is 7.11 Å².